The van der Waals surface area contributed by atoms with Gasteiger partial charge in [0.05, 0.1) is 6.04 Å². The number of urea groups is 1. The van der Waals surface area contributed by atoms with Gasteiger partial charge in [-0.15, -0.1) is 0 Å². The zero-order chi connectivity index (χ0) is 17.4. The molecule has 1 aliphatic carbocycles. The highest BCUT2D eigenvalue weighted by Crippen LogP contribution is 2.30. The second-order valence-corrected chi connectivity index (χ2v) is 7.17. The summed E-state index contributed by atoms with van der Waals surface area (Å²) in [5.41, 5.74) is 1.23. The molecule has 3 aliphatic rings. The van der Waals surface area contributed by atoms with Crippen molar-refractivity contribution in [3.63, 3.8) is 0 Å². The fraction of sp³-hybridized carbons (Fsp3) is 0.556. The van der Waals surface area contributed by atoms with Crippen molar-refractivity contribution in [2.75, 3.05) is 29.9 Å². The van der Waals surface area contributed by atoms with E-state index in [1.54, 1.807) is 6.07 Å². The molecule has 6 nitrogen and oxygen atoms in total. The number of halogens is 1. The Hall–Kier alpha value is -2.31. The van der Waals surface area contributed by atoms with Gasteiger partial charge in [0.15, 0.2) is 0 Å². The van der Waals surface area contributed by atoms with Crippen LogP contribution >= 0.6 is 0 Å². The van der Waals surface area contributed by atoms with E-state index in [9.17, 15) is 14.0 Å². The number of hydrogen-bond donors (Lipinski definition) is 2. The molecular weight excluding hydrogens is 323 g/mol. The summed E-state index contributed by atoms with van der Waals surface area (Å²) in [7, 11) is 0. The minimum Gasteiger partial charge on any atom is -0.371 e. The summed E-state index contributed by atoms with van der Waals surface area (Å²) < 4.78 is 13.9. The molecule has 0 spiro atoms. The van der Waals surface area contributed by atoms with Gasteiger partial charge >= 0.3 is 6.03 Å². The molecule has 2 aliphatic heterocycles. The zero-order valence-electron chi connectivity index (χ0n) is 14.1. The third kappa shape index (κ3) is 3.70. The van der Waals surface area contributed by atoms with Gasteiger partial charge in [-0.05, 0) is 43.9 Å². The number of carbonyl (C=O) groups is 2. The maximum Gasteiger partial charge on any atom is 0.319 e. The van der Waals surface area contributed by atoms with Crippen molar-refractivity contribution in [1.82, 2.24) is 10.2 Å². The molecule has 1 aromatic rings. The number of carbonyl (C=O) groups excluding carboxylic acids is 2. The lowest BCUT2D eigenvalue weighted by Crippen LogP contribution is -2.40. The monoisotopic (exact) mass is 346 g/mol. The van der Waals surface area contributed by atoms with Crippen LogP contribution < -0.4 is 15.5 Å². The molecule has 0 aromatic heterocycles. The number of hydrogen-bond acceptors (Lipinski definition) is 3. The third-order valence-electron chi connectivity index (χ3n) is 5.09. The molecule has 134 valence electrons. The van der Waals surface area contributed by atoms with Gasteiger partial charge < -0.3 is 20.4 Å². The van der Waals surface area contributed by atoms with Crippen molar-refractivity contribution in [3.05, 3.63) is 24.0 Å². The Balaban J connectivity index is 1.36. The van der Waals surface area contributed by atoms with Crippen LogP contribution in [0.1, 0.15) is 32.1 Å². The Labute approximate surface area is 146 Å². The molecule has 3 amide bonds. The Morgan fingerprint density at radius 1 is 1.16 bits per heavy atom. The molecule has 1 aromatic carbocycles. The molecule has 2 heterocycles. The minimum atomic E-state index is -0.395. The molecule has 0 radical (unpaired) electrons. The Morgan fingerprint density at radius 2 is 1.92 bits per heavy atom. The predicted octanol–water partition coefficient (Wildman–Crippen LogP) is 2.31. The molecular formula is C18H23FN4O2. The van der Waals surface area contributed by atoms with Crippen molar-refractivity contribution in [1.29, 1.82) is 0 Å². The van der Waals surface area contributed by atoms with Crippen molar-refractivity contribution in [2.45, 2.75) is 44.2 Å². The Morgan fingerprint density at radius 3 is 2.64 bits per heavy atom. The van der Waals surface area contributed by atoms with Crippen LogP contribution in [0.2, 0.25) is 0 Å². The van der Waals surface area contributed by atoms with E-state index in [1.165, 1.54) is 12.1 Å². The Kier molecular flexibility index (Phi) is 4.23. The van der Waals surface area contributed by atoms with Crippen LogP contribution in [0.15, 0.2) is 18.2 Å². The third-order valence-corrected chi connectivity index (χ3v) is 5.09. The lowest BCUT2D eigenvalue weighted by atomic mass is 10.2. The second kappa shape index (κ2) is 6.54. The van der Waals surface area contributed by atoms with E-state index in [-0.39, 0.29) is 17.8 Å². The molecule has 0 unspecified atom stereocenters. The molecule has 1 atom stereocenters. The predicted molar refractivity (Wildman–Crippen MR) is 93.1 cm³/mol. The largest absolute Gasteiger partial charge is 0.371 e. The number of anilines is 2. The standard InChI is InChI=1S/C18H23FN4O2/c19-12-7-13(9-16(8-12)22-5-1-2-6-22)20-18(25)21-14-10-17(24)23(11-14)15-3-4-15/h7-9,14-15H,1-6,10-11H2,(H2,20,21,25)/t14-/m1/s1. The van der Waals surface area contributed by atoms with Crippen molar-refractivity contribution >= 4 is 23.3 Å². The summed E-state index contributed by atoms with van der Waals surface area (Å²) in [4.78, 5) is 28.1. The first-order chi connectivity index (χ1) is 12.1. The summed E-state index contributed by atoms with van der Waals surface area (Å²) in [6, 6.07) is 4.40. The van der Waals surface area contributed by atoms with Gasteiger partial charge in [-0.2, -0.15) is 0 Å². The zero-order valence-corrected chi connectivity index (χ0v) is 14.1. The number of benzene rings is 1. The summed E-state index contributed by atoms with van der Waals surface area (Å²) in [6.07, 6.45) is 4.67. The van der Waals surface area contributed by atoms with Crippen molar-refractivity contribution in [2.24, 2.45) is 0 Å². The lowest BCUT2D eigenvalue weighted by molar-refractivity contribution is -0.128. The number of nitrogens with one attached hydrogen (secondary N) is 2. The van der Waals surface area contributed by atoms with Crippen LogP contribution in [0.3, 0.4) is 0 Å². The number of likely N-dealkylation sites (tertiary alicyclic amines) is 1. The van der Waals surface area contributed by atoms with Gasteiger partial charge in [0, 0.05) is 43.5 Å². The van der Waals surface area contributed by atoms with Gasteiger partial charge in [-0.25, -0.2) is 9.18 Å². The van der Waals surface area contributed by atoms with Crippen LogP contribution in [0, 0.1) is 5.82 Å². The smallest absolute Gasteiger partial charge is 0.319 e. The van der Waals surface area contributed by atoms with Crippen LogP contribution in [0.4, 0.5) is 20.6 Å². The maximum absolute atomic E-state index is 13.9. The highest BCUT2D eigenvalue weighted by Gasteiger charge is 2.39. The lowest BCUT2D eigenvalue weighted by Gasteiger charge is -2.19. The van der Waals surface area contributed by atoms with E-state index in [2.05, 4.69) is 15.5 Å². The Bertz CT molecular complexity index is 686. The SMILES string of the molecule is O=C(Nc1cc(F)cc(N2CCCC2)c1)N[C@@H]1CC(=O)N(C2CC2)C1. The minimum absolute atomic E-state index is 0.106. The first-order valence-corrected chi connectivity index (χ1v) is 9.01. The highest BCUT2D eigenvalue weighted by molar-refractivity contribution is 5.91. The van der Waals surface area contributed by atoms with Crippen LogP contribution in [0.25, 0.3) is 0 Å². The van der Waals surface area contributed by atoms with Gasteiger partial charge in [0.1, 0.15) is 5.82 Å². The quantitative estimate of drug-likeness (QED) is 0.879. The topological polar surface area (TPSA) is 64.7 Å². The molecule has 3 fully saturated rings. The van der Waals surface area contributed by atoms with E-state index in [0.29, 0.717) is 24.7 Å². The maximum atomic E-state index is 13.9. The first kappa shape index (κ1) is 16.2. The van der Waals surface area contributed by atoms with Gasteiger partial charge in [0.2, 0.25) is 5.91 Å². The average molecular weight is 346 g/mol. The summed E-state index contributed by atoms with van der Waals surface area (Å²) in [5, 5.41) is 5.53. The number of amides is 3. The van der Waals surface area contributed by atoms with E-state index >= 15 is 0 Å². The van der Waals surface area contributed by atoms with Crippen LogP contribution in [-0.2, 0) is 4.79 Å². The summed E-state index contributed by atoms with van der Waals surface area (Å²) in [6.45, 7) is 2.39. The fourth-order valence-electron chi connectivity index (χ4n) is 3.72. The first-order valence-electron chi connectivity index (χ1n) is 9.01. The second-order valence-electron chi connectivity index (χ2n) is 7.17. The fourth-order valence-corrected chi connectivity index (χ4v) is 3.72. The van der Waals surface area contributed by atoms with Crippen LogP contribution in [0.5, 0.6) is 0 Å². The van der Waals surface area contributed by atoms with Gasteiger partial charge in [-0.3, -0.25) is 4.79 Å². The van der Waals surface area contributed by atoms with E-state index in [1.807, 2.05) is 4.90 Å². The number of rotatable bonds is 4. The molecule has 2 saturated heterocycles. The van der Waals surface area contributed by atoms with Crippen molar-refractivity contribution < 1.29 is 14.0 Å². The number of nitrogens with zero attached hydrogens (tertiary/aromatic N) is 2. The van der Waals surface area contributed by atoms with Gasteiger partial charge in [-0.1, -0.05) is 0 Å². The van der Waals surface area contributed by atoms with Crippen molar-refractivity contribution in [3.8, 4) is 0 Å². The summed E-state index contributed by atoms with van der Waals surface area (Å²) >= 11 is 0. The highest BCUT2D eigenvalue weighted by atomic mass is 19.1. The molecule has 2 N–H and O–H groups in total. The summed E-state index contributed by atoms with van der Waals surface area (Å²) in [5.74, 6) is -0.259. The van der Waals surface area contributed by atoms with E-state index in [0.717, 1.165) is 44.5 Å². The van der Waals surface area contributed by atoms with E-state index < -0.39 is 6.03 Å². The molecule has 7 heteroatoms. The normalized spacial score (nSPS) is 23.2. The van der Waals surface area contributed by atoms with E-state index in [4.69, 9.17) is 0 Å². The average Bonchev–Trinajstić information content (AvgIpc) is 3.10. The van der Waals surface area contributed by atoms with Crippen LogP contribution in [-0.4, -0.2) is 48.6 Å². The van der Waals surface area contributed by atoms with Gasteiger partial charge in [0.25, 0.3) is 0 Å². The molecule has 4 rings (SSSR count). The molecule has 25 heavy (non-hydrogen) atoms. The molecule has 1 saturated carbocycles. The molecule has 0 bridgehead atoms.